The first-order chi connectivity index (χ1) is 8.99. The van der Waals surface area contributed by atoms with Gasteiger partial charge in [0.1, 0.15) is 5.82 Å². The van der Waals surface area contributed by atoms with Crippen molar-refractivity contribution in [3.8, 4) is 0 Å². The molecule has 0 aliphatic carbocycles. The van der Waals surface area contributed by atoms with Crippen molar-refractivity contribution in [3.05, 3.63) is 29.6 Å². The van der Waals surface area contributed by atoms with Crippen LogP contribution in [0.5, 0.6) is 0 Å². The number of hydrogen-bond acceptors (Lipinski definition) is 4. The van der Waals surface area contributed by atoms with Crippen molar-refractivity contribution < 1.29 is 28.6 Å². The molecular formula is C12H10FNO5. The van der Waals surface area contributed by atoms with E-state index in [1.54, 1.807) is 0 Å². The molecule has 1 unspecified atom stereocenters. The third-order valence-corrected chi connectivity index (χ3v) is 2.81. The number of hydrogen-bond donors (Lipinski definition) is 1. The fraction of sp³-hybridized carbons (Fsp3) is 0.250. The van der Waals surface area contributed by atoms with Crippen molar-refractivity contribution >= 4 is 23.3 Å². The minimum Gasteiger partial charge on any atom is -0.480 e. The number of anilines is 1. The fourth-order valence-corrected chi connectivity index (χ4v) is 1.98. The van der Waals surface area contributed by atoms with Crippen LogP contribution in [0.4, 0.5) is 10.1 Å². The molecule has 1 aliphatic heterocycles. The second kappa shape index (κ2) is 4.77. The summed E-state index contributed by atoms with van der Waals surface area (Å²) in [5.41, 5.74) is -0.436. The summed E-state index contributed by atoms with van der Waals surface area (Å²) >= 11 is 0. The molecule has 2 rings (SSSR count). The fourth-order valence-electron chi connectivity index (χ4n) is 1.98. The molecule has 0 bridgehead atoms. The maximum absolute atomic E-state index is 13.8. The van der Waals surface area contributed by atoms with Crippen LogP contribution in [0.15, 0.2) is 18.2 Å². The minimum absolute atomic E-state index is 0.132. The molecule has 0 saturated carbocycles. The number of halogens is 1. The average molecular weight is 267 g/mol. The number of rotatable bonds is 4. The van der Waals surface area contributed by atoms with Gasteiger partial charge in [-0.2, -0.15) is 0 Å². The van der Waals surface area contributed by atoms with Gasteiger partial charge in [0.2, 0.25) is 0 Å². The summed E-state index contributed by atoms with van der Waals surface area (Å²) in [6.45, 7) is -0.345. The number of Topliss-reactive ketones (excluding diaryl/α,β-unsaturated/α-hetero) is 1. The highest BCUT2D eigenvalue weighted by Crippen LogP contribution is 2.33. The summed E-state index contributed by atoms with van der Waals surface area (Å²) in [6, 6.07) is 2.18. The second-order valence-electron chi connectivity index (χ2n) is 3.95. The largest absolute Gasteiger partial charge is 0.480 e. The zero-order valence-corrected chi connectivity index (χ0v) is 9.92. The van der Waals surface area contributed by atoms with Gasteiger partial charge in [0, 0.05) is 7.11 Å². The van der Waals surface area contributed by atoms with Crippen LogP contribution in [0.25, 0.3) is 0 Å². The molecule has 0 fully saturated rings. The molecule has 7 heteroatoms. The standard InChI is InChI=1S/C12H10FNO5/c1-19-5-8(12(17)18)14-9-6(10(15)11(14)16)3-2-4-7(9)13/h2-4,8H,5H2,1H3,(H,17,18). The minimum atomic E-state index is -1.44. The van der Waals surface area contributed by atoms with Gasteiger partial charge in [0.25, 0.3) is 11.7 Å². The van der Waals surface area contributed by atoms with E-state index in [1.165, 1.54) is 19.2 Å². The molecule has 1 amide bonds. The van der Waals surface area contributed by atoms with Crippen LogP contribution >= 0.6 is 0 Å². The Labute approximate surface area is 107 Å². The number of fused-ring (bicyclic) bond motifs is 1. The van der Waals surface area contributed by atoms with Gasteiger partial charge in [0.05, 0.1) is 17.9 Å². The van der Waals surface area contributed by atoms with E-state index in [9.17, 15) is 18.8 Å². The number of amides is 1. The first-order valence-corrected chi connectivity index (χ1v) is 5.37. The Morgan fingerprint density at radius 1 is 1.47 bits per heavy atom. The zero-order valence-electron chi connectivity index (χ0n) is 9.92. The van der Waals surface area contributed by atoms with Gasteiger partial charge < -0.3 is 9.84 Å². The van der Waals surface area contributed by atoms with Crippen molar-refractivity contribution in [3.63, 3.8) is 0 Å². The van der Waals surface area contributed by atoms with Gasteiger partial charge >= 0.3 is 5.97 Å². The van der Waals surface area contributed by atoms with Gasteiger partial charge in [0.15, 0.2) is 6.04 Å². The molecule has 1 heterocycles. The summed E-state index contributed by atoms with van der Waals surface area (Å²) in [5.74, 6) is -4.18. The molecule has 0 radical (unpaired) electrons. The van der Waals surface area contributed by atoms with Crippen LogP contribution in [-0.2, 0) is 14.3 Å². The van der Waals surface area contributed by atoms with Gasteiger partial charge in [-0.3, -0.25) is 14.5 Å². The monoisotopic (exact) mass is 267 g/mol. The van der Waals surface area contributed by atoms with E-state index in [-0.39, 0.29) is 17.9 Å². The van der Waals surface area contributed by atoms with Crippen molar-refractivity contribution in [1.29, 1.82) is 0 Å². The Kier molecular flexibility index (Phi) is 3.30. The molecule has 1 aliphatic rings. The van der Waals surface area contributed by atoms with Crippen molar-refractivity contribution in [1.82, 2.24) is 0 Å². The molecule has 6 nitrogen and oxygen atoms in total. The van der Waals surface area contributed by atoms with Crippen LogP contribution in [-0.4, -0.2) is 42.5 Å². The van der Waals surface area contributed by atoms with Gasteiger partial charge in [-0.05, 0) is 12.1 Å². The molecule has 19 heavy (non-hydrogen) atoms. The summed E-state index contributed by atoms with van der Waals surface area (Å²) in [7, 11) is 1.25. The van der Waals surface area contributed by atoms with E-state index in [1.807, 2.05) is 0 Å². The summed E-state index contributed by atoms with van der Waals surface area (Å²) in [6.07, 6.45) is 0. The number of benzene rings is 1. The zero-order chi connectivity index (χ0) is 14.2. The lowest BCUT2D eigenvalue weighted by atomic mass is 10.1. The topological polar surface area (TPSA) is 83.9 Å². The van der Waals surface area contributed by atoms with Crippen LogP contribution in [0.2, 0.25) is 0 Å². The van der Waals surface area contributed by atoms with Crippen molar-refractivity contribution in [2.75, 3.05) is 18.6 Å². The maximum Gasteiger partial charge on any atom is 0.329 e. The molecule has 0 saturated heterocycles. The number of para-hydroxylation sites is 1. The highest BCUT2D eigenvalue weighted by molar-refractivity contribution is 6.52. The van der Waals surface area contributed by atoms with Crippen LogP contribution in [0.3, 0.4) is 0 Å². The second-order valence-corrected chi connectivity index (χ2v) is 3.95. The van der Waals surface area contributed by atoms with E-state index < -0.39 is 29.5 Å². The number of carboxylic acid groups (broad SMARTS) is 1. The molecule has 1 aromatic carbocycles. The predicted octanol–water partition coefficient (Wildman–Crippen LogP) is 0.455. The van der Waals surface area contributed by atoms with E-state index in [2.05, 4.69) is 0 Å². The van der Waals surface area contributed by atoms with Crippen LogP contribution in [0.1, 0.15) is 10.4 Å². The number of carbonyl (C=O) groups is 3. The number of ketones is 1. The van der Waals surface area contributed by atoms with Crippen LogP contribution in [0, 0.1) is 5.82 Å². The van der Waals surface area contributed by atoms with Gasteiger partial charge in [-0.25, -0.2) is 9.18 Å². The lowest BCUT2D eigenvalue weighted by molar-refractivity contribution is -0.141. The Balaban J connectivity index is 2.56. The summed E-state index contributed by atoms with van der Waals surface area (Å²) in [5, 5.41) is 9.08. The third-order valence-electron chi connectivity index (χ3n) is 2.81. The smallest absolute Gasteiger partial charge is 0.329 e. The van der Waals surface area contributed by atoms with Crippen molar-refractivity contribution in [2.24, 2.45) is 0 Å². The first kappa shape index (κ1) is 13.2. The number of methoxy groups -OCH3 is 1. The van der Waals surface area contributed by atoms with Gasteiger partial charge in [-0.1, -0.05) is 6.07 Å². The number of nitrogens with zero attached hydrogens (tertiary/aromatic N) is 1. The third kappa shape index (κ3) is 1.97. The van der Waals surface area contributed by atoms with E-state index in [0.717, 1.165) is 6.07 Å². The van der Waals surface area contributed by atoms with Gasteiger partial charge in [-0.15, -0.1) is 0 Å². The SMILES string of the molecule is COCC(C(=O)O)N1C(=O)C(=O)c2cccc(F)c21. The lowest BCUT2D eigenvalue weighted by Gasteiger charge is -2.23. The molecule has 1 atom stereocenters. The molecule has 1 aromatic rings. The molecular weight excluding hydrogens is 257 g/mol. The normalized spacial score (nSPS) is 15.6. The number of carbonyl (C=O) groups excluding carboxylic acids is 2. The summed E-state index contributed by atoms with van der Waals surface area (Å²) in [4.78, 5) is 35.3. The highest BCUT2D eigenvalue weighted by Gasteiger charge is 2.44. The number of ether oxygens (including phenoxy) is 1. The summed E-state index contributed by atoms with van der Waals surface area (Å²) < 4.78 is 18.5. The average Bonchev–Trinajstić information content (AvgIpc) is 2.61. The predicted molar refractivity (Wildman–Crippen MR) is 61.5 cm³/mol. The quantitative estimate of drug-likeness (QED) is 0.801. The van der Waals surface area contributed by atoms with Crippen LogP contribution < -0.4 is 4.90 Å². The lowest BCUT2D eigenvalue weighted by Crippen LogP contribution is -2.47. The maximum atomic E-state index is 13.8. The number of carboxylic acids is 1. The van der Waals surface area contributed by atoms with E-state index >= 15 is 0 Å². The first-order valence-electron chi connectivity index (χ1n) is 5.37. The molecule has 0 spiro atoms. The Hall–Kier alpha value is -2.28. The Morgan fingerprint density at radius 2 is 2.16 bits per heavy atom. The molecule has 1 N–H and O–H groups in total. The molecule has 100 valence electrons. The Morgan fingerprint density at radius 3 is 2.74 bits per heavy atom. The van der Waals surface area contributed by atoms with Crippen molar-refractivity contribution in [2.45, 2.75) is 6.04 Å². The Bertz CT molecular complexity index is 571. The van der Waals surface area contributed by atoms with E-state index in [0.29, 0.717) is 4.90 Å². The van der Waals surface area contributed by atoms with E-state index in [4.69, 9.17) is 9.84 Å². The number of aliphatic carboxylic acids is 1. The highest BCUT2D eigenvalue weighted by atomic mass is 19.1. The molecule has 0 aromatic heterocycles.